The van der Waals surface area contributed by atoms with Gasteiger partial charge in [0.05, 0.1) is 12.7 Å². The number of nitrogens with one attached hydrogen (secondary N) is 1. The van der Waals surface area contributed by atoms with E-state index in [4.69, 9.17) is 10.5 Å². The lowest BCUT2D eigenvalue weighted by atomic mass is 10.1. The van der Waals surface area contributed by atoms with Crippen LogP contribution in [0.5, 0.6) is 11.5 Å². The number of benzene rings is 2. The van der Waals surface area contributed by atoms with Crippen LogP contribution in [0.3, 0.4) is 0 Å². The second-order valence-electron chi connectivity index (χ2n) is 4.96. The number of hydrogen-bond acceptors (Lipinski definition) is 4. The second-order valence-corrected chi connectivity index (χ2v) is 4.96. The molecule has 0 bridgehead atoms. The molecule has 8 heteroatoms. The number of rotatable bonds is 7. The van der Waals surface area contributed by atoms with Gasteiger partial charge in [-0.25, -0.2) is 0 Å². The van der Waals surface area contributed by atoms with E-state index in [0.29, 0.717) is 11.1 Å². The fraction of sp³-hybridized carbons (Fsp3) is 0.176. The number of primary amides is 1. The maximum absolute atomic E-state index is 12.6. The van der Waals surface area contributed by atoms with E-state index >= 15 is 0 Å². The fourth-order valence-corrected chi connectivity index (χ4v) is 2.18. The van der Waals surface area contributed by atoms with Gasteiger partial charge in [0.2, 0.25) is 5.91 Å². The van der Waals surface area contributed by atoms with Gasteiger partial charge in [0, 0.05) is 12.1 Å². The third-order valence-corrected chi connectivity index (χ3v) is 3.31. The second kappa shape index (κ2) is 8.09. The average molecular weight is 350 g/mol. The van der Waals surface area contributed by atoms with Gasteiger partial charge < -0.3 is 20.5 Å². The Morgan fingerprint density at radius 1 is 1.20 bits per heavy atom. The Morgan fingerprint density at radius 2 is 1.92 bits per heavy atom. The predicted octanol–water partition coefficient (Wildman–Crippen LogP) is 2.33. The molecule has 0 heterocycles. The molecule has 0 saturated carbocycles. The minimum absolute atomic E-state index is 0.0173. The van der Waals surface area contributed by atoms with E-state index in [0.717, 1.165) is 0 Å². The van der Waals surface area contributed by atoms with Crippen LogP contribution in [0.4, 0.5) is 8.78 Å². The molecule has 2 aromatic carbocycles. The van der Waals surface area contributed by atoms with Crippen LogP contribution in [0.15, 0.2) is 42.5 Å². The summed E-state index contributed by atoms with van der Waals surface area (Å²) in [5.74, 6) is -1.54. The molecule has 2 rings (SSSR count). The van der Waals surface area contributed by atoms with Crippen LogP contribution in [-0.4, -0.2) is 25.5 Å². The molecule has 0 atom stereocenters. The summed E-state index contributed by atoms with van der Waals surface area (Å²) in [6.07, 6.45) is 0. The van der Waals surface area contributed by atoms with Crippen molar-refractivity contribution in [3.8, 4) is 11.5 Å². The van der Waals surface area contributed by atoms with E-state index in [2.05, 4.69) is 10.1 Å². The molecule has 6 nitrogen and oxygen atoms in total. The lowest BCUT2D eigenvalue weighted by molar-refractivity contribution is -0.0515. The van der Waals surface area contributed by atoms with E-state index in [9.17, 15) is 18.4 Å². The zero-order chi connectivity index (χ0) is 18.4. The molecule has 0 aliphatic rings. The lowest BCUT2D eigenvalue weighted by Gasteiger charge is -2.14. The highest BCUT2D eigenvalue weighted by Crippen LogP contribution is 2.32. The molecule has 0 aromatic heterocycles. The number of para-hydroxylation sites is 1. The minimum Gasteiger partial charge on any atom is -0.493 e. The summed E-state index contributed by atoms with van der Waals surface area (Å²) in [4.78, 5) is 23.5. The number of amides is 2. The first-order valence-electron chi connectivity index (χ1n) is 7.21. The van der Waals surface area contributed by atoms with Crippen LogP contribution < -0.4 is 20.5 Å². The molecule has 0 unspecified atom stereocenters. The van der Waals surface area contributed by atoms with E-state index in [1.165, 1.54) is 31.4 Å². The third-order valence-electron chi connectivity index (χ3n) is 3.31. The van der Waals surface area contributed by atoms with Crippen LogP contribution in [0.25, 0.3) is 0 Å². The van der Waals surface area contributed by atoms with Crippen LogP contribution in [0.1, 0.15) is 26.3 Å². The Labute approximate surface area is 142 Å². The van der Waals surface area contributed by atoms with Crippen LogP contribution in [0, 0.1) is 0 Å². The Kier molecular flexibility index (Phi) is 5.89. The number of nitrogens with two attached hydrogens (primary N) is 1. The van der Waals surface area contributed by atoms with Gasteiger partial charge >= 0.3 is 6.61 Å². The van der Waals surface area contributed by atoms with E-state index in [1.54, 1.807) is 18.2 Å². The number of halogens is 2. The fourth-order valence-electron chi connectivity index (χ4n) is 2.18. The van der Waals surface area contributed by atoms with E-state index in [-0.39, 0.29) is 23.6 Å². The van der Waals surface area contributed by atoms with Crippen molar-refractivity contribution in [1.82, 2.24) is 5.32 Å². The van der Waals surface area contributed by atoms with Crippen molar-refractivity contribution in [2.24, 2.45) is 5.73 Å². The van der Waals surface area contributed by atoms with E-state index < -0.39 is 18.4 Å². The molecular weight excluding hydrogens is 334 g/mol. The monoisotopic (exact) mass is 350 g/mol. The Morgan fingerprint density at radius 3 is 2.56 bits per heavy atom. The van der Waals surface area contributed by atoms with Gasteiger partial charge in [-0.05, 0) is 29.8 Å². The van der Waals surface area contributed by atoms with Crippen molar-refractivity contribution in [2.75, 3.05) is 7.11 Å². The molecule has 25 heavy (non-hydrogen) atoms. The Balaban J connectivity index is 2.18. The predicted molar refractivity (Wildman–Crippen MR) is 85.8 cm³/mol. The third kappa shape index (κ3) is 4.66. The zero-order valence-corrected chi connectivity index (χ0v) is 13.3. The highest BCUT2D eigenvalue weighted by Gasteiger charge is 2.20. The molecule has 2 aromatic rings. The maximum atomic E-state index is 12.6. The molecule has 0 radical (unpaired) electrons. The van der Waals surface area contributed by atoms with Crippen molar-refractivity contribution in [1.29, 1.82) is 0 Å². The summed E-state index contributed by atoms with van der Waals surface area (Å²) in [5.41, 5.74) is 6.04. The van der Waals surface area contributed by atoms with Crippen LogP contribution in [-0.2, 0) is 6.54 Å². The first kappa shape index (κ1) is 18.2. The minimum atomic E-state index is -3.10. The first-order valence-corrected chi connectivity index (χ1v) is 7.21. The van der Waals surface area contributed by atoms with Crippen molar-refractivity contribution >= 4 is 11.8 Å². The molecule has 132 valence electrons. The number of ether oxygens (including phenoxy) is 2. The van der Waals surface area contributed by atoms with Crippen LogP contribution in [0.2, 0.25) is 0 Å². The zero-order valence-electron chi connectivity index (χ0n) is 13.3. The number of hydrogen-bond donors (Lipinski definition) is 2. The molecule has 3 N–H and O–H groups in total. The molecule has 0 fully saturated rings. The molecular formula is C17H16F2N2O4. The van der Waals surface area contributed by atoms with Crippen molar-refractivity contribution in [3.05, 3.63) is 59.2 Å². The lowest BCUT2D eigenvalue weighted by Crippen LogP contribution is -2.24. The average Bonchev–Trinajstić information content (AvgIpc) is 2.59. The Hall–Kier alpha value is -3.16. The molecule has 0 aliphatic carbocycles. The van der Waals surface area contributed by atoms with Gasteiger partial charge in [-0.1, -0.05) is 18.2 Å². The summed E-state index contributed by atoms with van der Waals surface area (Å²) >= 11 is 0. The summed E-state index contributed by atoms with van der Waals surface area (Å²) in [6.45, 7) is -3.03. The highest BCUT2D eigenvalue weighted by molar-refractivity contribution is 5.98. The summed E-state index contributed by atoms with van der Waals surface area (Å²) in [6, 6.07) is 10.6. The van der Waals surface area contributed by atoms with Gasteiger partial charge in [0.25, 0.3) is 5.91 Å². The summed E-state index contributed by atoms with van der Waals surface area (Å²) < 4.78 is 34.6. The molecule has 0 saturated heterocycles. The highest BCUT2D eigenvalue weighted by atomic mass is 19.3. The van der Waals surface area contributed by atoms with Crippen molar-refractivity contribution in [2.45, 2.75) is 13.2 Å². The Bertz CT molecular complexity index is 781. The van der Waals surface area contributed by atoms with E-state index in [1.807, 2.05) is 0 Å². The van der Waals surface area contributed by atoms with Gasteiger partial charge in [-0.2, -0.15) is 8.78 Å². The normalized spacial score (nSPS) is 10.4. The standard InChI is InChI=1S/C17H16F2N2O4/c1-24-13-7-3-6-12(14(13)25-17(18)19)16(23)21-9-10-4-2-5-11(8-10)15(20)22/h2-8,17H,9H2,1H3,(H2,20,22)(H,21,23). The van der Waals surface area contributed by atoms with Crippen molar-refractivity contribution < 1.29 is 27.8 Å². The summed E-state index contributed by atoms with van der Waals surface area (Å²) in [7, 11) is 1.28. The first-order chi connectivity index (χ1) is 11.9. The molecule has 2 amide bonds. The smallest absolute Gasteiger partial charge is 0.387 e. The van der Waals surface area contributed by atoms with Gasteiger partial charge in [0.1, 0.15) is 0 Å². The van der Waals surface area contributed by atoms with Gasteiger partial charge in [-0.15, -0.1) is 0 Å². The number of alkyl halides is 2. The number of methoxy groups -OCH3 is 1. The number of carbonyl (C=O) groups excluding carboxylic acids is 2. The molecule has 0 aliphatic heterocycles. The quantitative estimate of drug-likeness (QED) is 0.802. The maximum Gasteiger partial charge on any atom is 0.387 e. The van der Waals surface area contributed by atoms with Gasteiger partial charge in [-0.3, -0.25) is 9.59 Å². The SMILES string of the molecule is COc1cccc(C(=O)NCc2cccc(C(N)=O)c2)c1OC(F)F. The summed E-state index contributed by atoms with van der Waals surface area (Å²) in [5, 5.41) is 2.57. The number of carbonyl (C=O) groups is 2. The molecule has 0 spiro atoms. The van der Waals surface area contributed by atoms with Crippen molar-refractivity contribution in [3.63, 3.8) is 0 Å². The van der Waals surface area contributed by atoms with Crippen LogP contribution >= 0.6 is 0 Å². The topological polar surface area (TPSA) is 90.6 Å². The van der Waals surface area contributed by atoms with Gasteiger partial charge in [0.15, 0.2) is 11.5 Å². The largest absolute Gasteiger partial charge is 0.493 e.